The molecule has 0 N–H and O–H groups in total. The highest BCUT2D eigenvalue weighted by Crippen LogP contribution is 2.40. The van der Waals surface area contributed by atoms with E-state index in [0.717, 1.165) is 63.5 Å². The zero-order chi connectivity index (χ0) is 28.5. The summed E-state index contributed by atoms with van der Waals surface area (Å²) in [6, 6.07) is 8.03. The molecule has 0 aliphatic heterocycles. The van der Waals surface area contributed by atoms with E-state index in [1.165, 1.54) is 12.1 Å². The van der Waals surface area contributed by atoms with Crippen LogP contribution in [0.1, 0.15) is 114 Å². The third-order valence-electron chi connectivity index (χ3n) is 8.50. The Labute approximate surface area is 236 Å². The molecule has 4 nitrogen and oxygen atoms in total. The van der Waals surface area contributed by atoms with Crippen LogP contribution in [-0.2, 0) is 9.53 Å². The van der Waals surface area contributed by atoms with E-state index in [1.807, 2.05) is 6.07 Å². The first kappa shape index (κ1) is 30.4. The summed E-state index contributed by atoms with van der Waals surface area (Å²) in [4.78, 5) is 12.8. The van der Waals surface area contributed by atoms with Gasteiger partial charge in [-0.3, -0.25) is 4.79 Å². The maximum atomic E-state index is 15.0. The molecule has 2 aromatic carbocycles. The number of ether oxygens (including phenoxy) is 3. The van der Waals surface area contributed by atoms with Crippen molar-refractivity contribution in [2.75, 3.05) is 13.2 Å². The Kier molecular flexibility index (Phi) is 11.3. The van der Waals surface area contributed by atoms with Crippen LogP contribution in [0.15, 0.2) is 30.3 Å². The van der Waals surface area contributed by atoms with Gasteiger partial charge in [0.1, 0.15) is 0 Å². The standard InChI is InChI=1S/C33H43F3O4/c1-3-5-19-38-26-14-11-23(12-15-26)27-16-18-30(32(36)31(27)35)40-33(37)24-9-7-22(8-10-24)25-13-17-29(28(34)21-25)39-20-6-4-2/h13,16-18,21-24,26H,3-12,14-15,19-20H2,1-2H3. The lowest BCUT2D eigenvalue weighted by Crippen LogP contribution is -2.26. The van der Waals surface area contributed by atoms with Crippen molar-refractivity contribution < 1.29 is 32.2 Å². The Hall–Kier alpha value is -2.54. The average molecular weight is 561 g/mol. The van der Waals surface area contributed by atoms with Crippen molar-refractivity contribution in [3.63, 3.8) is 0 Å². The second kappa shape index (κ2) is 14.9. The number of halogens is 3. The van der Waals surface area contributed by atoms with Gasteiger partial charge in [0.2, 0.25) is 5.82 Å². The fourth-order valence-corrected chi connectivity index (χ4v) is 5.94. The molecule has 220 valence electrons. The van der Waals surface area contributed by atoms with E-state index in [1.54, 1.807) is 12.1 Å². The largest absolute Gasteiger partial charge is 0.491 e. The summed E-state index contributed by atoms with van der Waals surface area (Å²) >= 11 is 0. The van der Waals surface area contributed by atoms with E-state index >= 15 is 4.39 Å². The monoisotopic (exact) mass is 560 g/mol. The molecule has 0 amide bonds. The van der Waals surface area contributed by atoms with Crippen molar-refractivity contribution in [3.8, 4) is 11.5 Å². The normalized spacial score (nSPS) is 23.1. The Balaban J connectivity index is 1.28. The lowest BCUT2D eigenvalue weighted by molar-refractivity contribution is -0.140. The maximum absolute atomic E-state index is 15.0. The molecule has 0 heterocycles. The highest BCUT2D eigenvalue weighted by molar-refractivity contribution is 5.75. The molecule has 7 heteroatoms. The first-order chi connectivity index (χ1) is 19.4. The molecular formula is C33H43F3O4. The Bertz CT molecular complexity index is 1110. The molecule has 0 atom stereocenters. The zero-order valence-electron chi connectivity index (χ0n) is 23.9. The summed E-state index contributed by atoms with van der Waals surface area (Å²) in [7, 11) is 0. The fraction of sp³-hybridized carbons (Fsp3) is 0.606. The molecule has 2 aliphatic carbocycles. The van der Waals surface area contributed by atoms with Gasteiger partial charge >= 0.3 is 5.97 Å². The summed E-state index contributed by atoms with van der Waals surface area (Å²) < 4.78 is 61.2. The van der Waals surface area contributed by atoms with Crippen molar-refractivity contribution in [3.05, 3.63) is 58.9 Å². The molecule has 40 heavy (non-hydrogen) atoms. The van der Waals surface area contributed by atoms with Gasteiger partial charge in [0.25, 0.3) is 0 Å². The minimum absolute atomic E-state index is 0.0673. The lowest BCUT2D eigenvalue weighted by Gasteiger charge is -2.29. The van der Waals surface area contributed by atoms with Crippen LogP contribution in [-0.4, -0.2) is 25.3 Å². The van der Waals surface area contributed by atoms with Gasteiger partial charge < -0.3 is 14.2 Å². The number of hydrogen-bond acceptors (Lipinski definition) is 4. The number of esters is 1. The van der Waals surface area contributed by atoms with Gasteiger partial charge in [-0.2, -0.15) is 4.39 Å². The second-order valence-corrected chi connectivity index (χ2v) is 11.3. The SMILES string of the molecule is CCCCOc1ccc(C2CCC(C(=O)Oc3ccc(C4CCC(OCCCC)CC4)c(F)c3F)CC2)cc1F. The van der Waals surface area contributed by atoms with E-state index in [9.17, 15) is 13.6 Å². The van der Waals surface area contributed by atoms with Crippen LogP contribution in [0.2, 0.25) is 0 Å². The van der Waals surface area contributed by atoms with E-state index in [2.05, 4.69) is 13.8 Å². The van der Waals surface area contributed by atoms with Crippen molar-refractivity contribution >= 4 is 5.97 Å². The van der Waals surface area contributed by atoms with Crippen LogP contribution in [0.5, 0.6) is 11.5 Å². The van der Waals surface area contributed by atoms with Crippen LogP contribution < -0.4 is 9.47 Å². The van der Waals surface area contributed by atoms with Gasteiger partial charge in [-0.15, -0.1) is 0 Å². The molecule has 2 fully saturated rings. The molecule has 0 bridgehead atoms. The van der Waals surface area contributed by atoms with Crippen LogP contribution in [0.25, 0.3) is 0 Å². The van der Waals surface area contributed by atoms with Gasteiger partial charge in [0, 0.05) is 6.61 Å². The van der Waals surface area contributed by atoms with E-state index in [0.29, 0.717) is 37.9 Å². The molecule has 0 radical (unpaired) electrons. The second-order valence-electron chi connectivity index (χ2n) is 11.3. The summed E-state index contributed by atoms with van der Waals surface area (Å²) in [6.45, 7) is 5.41. The minimum atomic E-state index is -1.10. The van der Waals surface area contributed by atoms with Gasteiger partial charge in [0.15, 0.2) is 23.1 Å². The number of benzene rings is 2. The van der Waals surface area contributed by atoms with Gasteiger partial charge in [-0.1, -0.05) is 38.8 Å². The van der Waals surface area contributed by atoms with Gasteiger partial charge in [-0.25, -0.2) is 8.78 Å². The average Bonchev–Trinajstić information content (AvgIpc) is 2.97. The Morgan fingerprint density at radius 3 is 2.10 bits per heavy atom. The van der Waals surface area contributed by atoms with Crippen LogP contribution in [0, 0.1) is 23.4 Å². The highest BCUT2D eigenvalue weighted by atomic mass is 19.2. The highest BCUT2D eigenvalue weighted by Gasteiger charge is 2.31. The van der Waals surface area contributed by atoms with E-state index in [-0.39, 0.29) is 35.3 Å². The van der Waals surface area contributed by atoms with Crippen LogP contribution in [0.4, 0.5) is 13.2 Å². The first-order valence-corrected chi connectivity index (χ1v) is 15.1. The number of hydrogen-bond donors (Lipinski definition) is 0. The molecular weight excluding hydrogens is 517 g/mol. The molecule has 2 saturated carbocycles. The molecule has 0 spiro atoms. The van der Waals surface area contributed by atoms with Crippen molar-refractivity contribution in [1.29, 1.82) is 0 Å². The summed E-state index contributed by atoms with van der Waals surface area (Å²) in [5, 5.41) is 0. The van der Waals surface area contributed by atoms with E-state index in [4.69, 9.17) is 14.2 Å². The number of unbranched alkanes of at least 4 members (excludes halogenated alkanes) is 2. The summed E-state index contributed by atoms with van der Waals surface area (Å²) in [6.07, 6.45) is 9.79. The molecule has 2 aromatic rings. The number of carbonyl (C=O) groups excluding carboxylic acids is 1. The first-order valence-electron chi connectivity index (χ1n) is 15.1. The molecule has 0 saturated heterocycles. The molecule has 0 aromatic heterocycles. The number of carbonyl (C=O) groups is 1. The van der Waals surface area contributed by atoms with E-state index < -0.39 is 23.5 Å². The summed E-state index contributed by atoms with van der Waals surface area (Å²) in [5.74, 6) is -3.37. The zero-order valence-corrected chi connectivity index (χ0v) is 23.9. The summed E-state index contributed by atoms with van der Waals surface area (Å²) in [5.41, 5.74) is 1.23. The molecule has 0 unspecified atom stereocenters. The quantitative estimate of drug-likeness (QED) is 0.148. The predicted octanol–water partition coefficient (Wildman–Crippen LogP) is 9.01. The smallest absolute Gasteiger partial charge is 0.314 e. The predicted molar refractivity (Wildman–Crippen MR) is 149 cm³/mol. The minimum Gasteiger partial charge on any atom is -0.491 e. The maximum Gasteiger partial charge on any atom is 0.314 e. The third-order valence-corrected chi connectivity index (χ3v) is 8.50. The number of rotatable bonds is 12. The van der Waals surface area contributed by atoms with Crippen molar-refractivity contribution in [1.82, 2.24) is 0 Å². The van der Waals surface area contributed by atoms with Crippen LogP contribution in [0.3, 0.4) is 0 Å². The molecule has 4 rings (SSSR count). The van der Waals surface area contributed by atoms with Crippen molar-refractivity contribution in [2.45, 2.75) is 109 Å². The third kappa shape index (κ3) is 7.80. The Morgan fingerprint density at radius 2 is 1.43 bits per heavy atom. The van der Waals surface area contributed by atoms with Crippen LogP contribution >= 0.6 is 0 Å². The van der Waals surface area contributed by atoms with Crippen molar-refractivity contribution in [2.24, 2.45) is 5.92 Å². The Morgan fingerprint density at radius 1 is 0.775 bits per heavy atom. The molecule has 2 aliphatic rings. The van der Waals surface area contributed by atoms with Gasteiger partial charge in [0.05, 0.1) is 18.6 Å². The van der Waals surface area contributed by atoms with Gasteiger partial charge in [-0.05, 0) is 105 Å². The lowest BCUT2D eigenvalue weighted by atomic mass is 9.78. The fourth-order valence-electron chi connectivity index (χ4n) is 5.94. The topological polar surface area (TPSA) is 44.8 Å².